The molecule has 0 bridgehead atoms. The molecule has 1 aromatic carbocycles. The van der Waals surface area contributed by atoms with Crippen molar-refractivity contribution >= 4 is 5.82 Å². The summed E-state index contributed by atoms with van der Waals surface area (Å²) in [5.74, 6) is 6.67. The van der Waals surface area contributed by atoms with Crippen molar-refractivity contribution in [3.05, 3.63) is 41.3 Å². The van der Waals surface area contributed by atoms with Crippen molar-refractivity contribution < 1.29 is 4.39 Å². The molecule has 1 heterocycles. The third-order valence-electron chi connectivity index (χ3n) is 2.95. The number of halogens is 1. The summed E-state index contributed by atoms with van der Waals surface area (Å²) in [4.78, 5) is 8.88. The molecular formula is C14H17FN4. The Morgan fingerprint density at radius 3 is 2.32 bits per heavy atom. The molecule has 0 atom stereocenters. The van der Waals surface area contributed by atoms with Gasteiger partial charge in [-0.25, -0.2) is 20.2 Å². The average molecular weight is 260 g/mol. The summed E-state index contributed by atoms with van der Waals surface area (Å²) in [6.07, 6.45) is 0. The minimum absolute atomic E-state index is 0.272. The van der Waals surface area contributed by atoms with Crippen molar-refractivity contribution in [1.82, 2.24) is 9.97 Å². The lowest BCUT2D eigenvalue weighted by molar-refractivity contribution is 0.628. The minimum Gasteiger partial charge on any atom is -0.308 e. The van der Waals surface area contributed by atoms with E-state index in [0.717, 1.165) is 16.8 Å². The van der Waals surface area contributed by atoms with E-state index in [1.54, 1.807) is 12.1 Å². The van der Waals surface area contributed by atoms with Gasteiger partial charge < -0.3 is 5.43 Å². The van der Waals surface area contributed by atoms with Gasteiger partial charge in [0, 0.05) is 16.8 Å². The fourth-order valence-corrected chi connectivity index (χ4v) is 2.11. The predicted molar refractivity (Wildman–Crippen MR) is 74.1 cm³/mol. The second kappa shape index (κ2) is 5.32. The van der Waals surface area contributed by atoms with Crippen LogP contribution in [0.3, 0.4) is 0 Å². The smallest absolute Gasteiger partial charge is 0.161 e. The van der Waals surface area contributed by atoms with Gasteiger partial charge in [0.05, 0.1) is 0 Å². The van der Waals surface area contributed by atoms with E-state index in [4.69, 9.17) is 5.84 Å². The number of hydrazine groups is 1. The van der Waals surface area contributed by atoms with Gasteiger partial charge in [0.2, 0.25) is 0 Å². The van der Waals surface area contributed by atoms with Crippen LogP contribution in [0.2, 0.25) is 0 Å². The lowest BCUT2D eigenvalue weighted by atomic mass is 10.0. The van der Waals surface area contributed by atoms with Gasteiger partial charge in [0.1, 0.15) is 11.6 Å². The Morgan fingerprint density at radius 2 is 1.79 bits per heavy atom. The van der Waals surface area contributed by atoms with Crippen LogP contribution >= 0.6 is 0 Å². The number of benzene rings is 1. The Balaban J connectivity index is 2.54. The summed E-state index contributed by atoms with van der Waals surface area (Å²) in [5, 5.41) is 0. The number of nitrogens with one attached hydrogen (secondary N) is 1. The van der Waals surface area contributed by atoms with E-state index in [1.807, 2.05) is 6.92 Å². The molecule has 2 aromatic rings. The molecular weight excluding hydrogens is 243 g/mol. The van der Waals surface area contributed by atoms with Gasteiger partial charge in [-0.05, 0) is 37.1 Å². The number of aryl methyl sites for hydroxylation is 1. The summed E-state index contributed by atoms with van der Waals surface area (Å²) >= 11 is 0. The Bertz CT molecular complexity index is 579. The number of aromatic nitrogens is 2. The maximum atomic E-state index is 12.9. The quantitative estimate of drug-likeness (QED) is 0.657. The van der Waals surface area contributed by atoms with Gasteiger partial charge in [0.15, 0.2) is 5.82 Å². The molecule has 0 aliphatic heterocycles. The summed E-state index contributed by atoms with van der Waals surface area (Å²) in [5.41, 5.74) is 5.24. The Labute approximate surface area is 111 Å². The monoisotopic (exact) mass is 260 g/mol. The number of hydrogen-bond acceptors (Lipinski definition) is 4. The van der Waals surface area contributed by atoms with Crippen LogP contribution in [0.5, 0.6) is 0 Å². The number of anilines is 1. The van der Waals surface area contributed by atoms with E-state index < -0.39 is 0 Å². The normalized spacial score (nSPS) is 10.8. The highest BCUT2D eigenvalue weighted by Gasteiger charge is 2.14. The van der Waals surface area contributed by atoms with E-state index >= 15 is 0 Å². The van der Waals surface area contributed by atoms with Crippen molar-refractivity contribution in [2.75, 3.05) is 5.43 Å². The number of nitrogens with zero attached hydrogens (tertiary/aromatic N) is 2. The molecule has 100 valence electrons. The largest absolute Gasteiger partial charge is 0.308 e. The standard InChI is InChI=1S/C14H17FN4/c1-8(2)12-9(3)17-13(18-14(12)19-16)10-4-6-11(15)7-5-10/h4-8H,16H2,1-3H3,(H,17,18,19). The maximum absolute atomic E-state index is 12.9. The first-order valence-electron chi connectivity index (χ1n) is 6.14. The lowest BCUT2D eigenvalue weighted by Crippen LogP contribution is -2.14. The third-order valence-corrected chi connectivity index (χ3v) is 2.95. The number of rotatable bonds is 3. The molecule has 4 nitrogen and oxygen atoms in total. The molecule has 3 N–H and O–H groups in total. The first-order chi connectivity index (χ1) is 9.02. The second-order valence-electron chi connectivity index (χ2n) is 4.70. The van der Waals surface area contributed by atoms with Gasteiger partial charge in [-0.2, -0.15) is 0 Å². The third kappa shape index (κ3) is 2.71. The molecule has 2 rings (SSSR count). The SMILES string of the molecule is Cc1nc(-c2ccc(F)cc2)nc(NN)c1C(C)C. The van der Waals surface area contributed by atoms with E-state index in [0.29, 0.717) is 11.6 Å². The molecule has 0 spiro atoms. The summed E-state index contributed by atoms with van der Waals surface area (Å²) in [6.45, 7) is 6.04. The van der Waals surface area contributed by atoms with Crippen molar-refractivity contribution in [1.29, 1.82) is 0 Å². The van der Waals surface area contributed by atoms with Crippen molar-refractivity contribution in [2.24, 2.45) is 5.84 Å². The van der Waals surface area contributed by atoms with Crippen LogP contribution in [0.4, 0.5) is 10.2 Å². The number of hydrogen-bond donors (Lipinski definition) is 2. The van der Waals surface area contributed by atoms with Crippen LogP contribution in [-0.2, 0) is 0 Å². The van der Waals surface area contributed by atoms with Gasteiger partial charge in [-0.3, -0.25) is 0 Å². The molecule has 0 unspecified atom stereocenters. The highest BCUT2D eigenvalue weighted by atomic mass is 19.1. The van der Waals surface area contributed by atoms with Gasteiger partial charge in [0.25, 0.3) is 0 Å². The Hall–Kier alpha value is -2.01. The van der Waals surface area contributed by atoms with Gasteiger partial charge >= 0.3 is 0 Å². The molecule has 0 aliphatic rings. The molecule has 0 radical (unpaired) electrons. The van der Waals surface area contributed by atoms with E-state index in [2.05, 4.69) is 29.2 Å². The summed E-state index contributed by atoms with van der Waals surface area (Å²) in [6, 6.07) is 6.08. The first kappa shape index (κ1) is 13.4. The molecule has 0 amide bonds. The first-order valence-corrected chi connectivity index (χ1v) is 6.14. The zero-order chi connectivity index (χ0) is 14.0. The van der Waals surface area contributed by atoms with Crippen molar-refractivity contribution in [3.63, 3.8) is 0 Å². The second-order valence-corrected chi connectivity index (χ2v) is 4.70. The molecule has 0 aliphatic carbocycles. The molecule has 5 heteroatoms. The van der Waals surface area contributed by atoms with Crippen LogP contribution in [0.15, 0.2) is 24.3 Å². The predicted octanol–water partition coefficient (Wildman–Crippen LogP) is 3.00. The van der Waals surface area contributed by atoms with Crippen LogP contribution in [0, 0.1) is 12.7 Å². The van der Waals surface area contributed by atoms with E-state index in [9.17, 15) is 4.39 Å². The molecule has 0 saturated carbocycles. The maximum Gasteiger partial charge on any atom is 0.161 e. The summed E-state index contributed by atoms with van der Waals surface area (Å²) < 4.78 is 12.9. The van der Waals surface area contributed by atoms with Gasteiger partial charge in [-0.1, -0.05) is 13.8 Å². The van der Waals surface area contributed by atoms with Crippen LogP contribution < -0.4 is 11.3 Å². The fourth-order valence-electron chi connectivity index (χ4n) is 2.11. The Kier molecular flexibility index (Phi) is 3.76. The van der Waals surface area contributed by atoms with E-state index in [1.165, 1.54) is 12.1 Å². The highest BCUT2D eigenvalue weighted by Crippen LogP contribution is 2.27. The summed E-state index contributed by atoms with van der Waals surface area (Å²) in [7, 11) is 0. The van der Waals surface area contributed by atoms with Crippen molar-refractivity contribution in [3.8, 4) is 11.4 Å². The van der Waals surface area contributed by atoms with E-state index in [-0.39, 0.29) is 11.7 Å². The molecule has 1 aromatic heterocycles. The van der Waals surface area contributed by atoms with Crippen LogP contribution in [-0.4, -0.2) is 9.97 Å². The van der Waals surface area contributed by atoms with Crippen LogP contribution in [0.25, 0.3) is 11.4 Å². The average Bonchev–Trinajstić information content (AvgIpc) is 2.38. The molecule has 19 heavy (non-hydrogen) atoms. The highest BCUT2D eigenvalue weighted by molar-refractivity contribution is 5.60. The molecule has 0 saturated heterocycles. The number of nitrogen functional groups attached to an aromatic ring is 1. The zero-order valence-corrected chi connectivity index (χ0v) is 11.2. The van der Waals surface area contributed by atoms with Gasteiger partial charge in [-0.15, -0.1) is 0 Å². The minimum atomic E-state index is -0.281. The zero-order valence-electron chi connectivity index (χ0n) is 11.2. The topological polar surface area (TPSA) is 63.8 Å². The van der Waals surface area contributed by atoms with Crippen LogP contribution in [0.1, 0.15) is 31.0 Å². The number of nitrogens with two attached hydrogens (primary N) is 1. The lowest BCUT2D eigenvalue weighted by Gasteiger charge is -2.15. The van der Waals surface area contributed by atoms with Crippen molar-refractivity contribution in [2.45, 2.75) is 26.7 Å². The fraction of sp³-hybridized carbons (Fsp3) is 0.286. The molecule has 0 fully saturated rings. The Morgan fingerprint density at radius 1 is 1.16 bits per heavy atom.